The first-order valence-corrected chi connectivity index (χ1v) is 12.6. The number of hydrogen-bond donors (Lipinski definition) is 0. The summed E-state index contributed by atoms with van der Waals surface area (Å²) < 4.78 is 0. The summed E-state index contributed by atoms with van der Waals surface area (Å²) in [6, 6.07) is 19.9. The second-order valence-corrected chi connectivity index (χ2v) is 8.37. The van der Waals surface area contributed by atoms with Gasteiger partial charge in [0.05, 0.1) is 17.6 Å². The van der Waals surface area contributed by atoms with Crippen LogP contribution in [0.15, 0.2) is 70.6 Å². The van der Waals surface area contributed by atoms with Crippen LogP contribution in [0.4, 0.5) is 11.4 Å². The number of hydrogen-bond acceptors (Lipinski definition) is 2. The molecule has 2 nitrogen and oxygen atoms in total. The van der Waals surface area contributed by atoms with Gasteiger partial charge in [-0.3, -0.25) is 4.99 Å². The Balaban J connectivity index is 0.00000544. The van der Waals surface area contributed by atoms with Gasteiger partial charge in [-0.2, -0.15) is 0 Å². The van der Waals surface area contributed by atoms with E-state index >= 15 is 0 Å². The molecular formula is C30H40N2Ni. The zero-order valence-electron chi connectivity index (χ0n) is 20.3. The number of rotatable bonds is 15. The van der Waals surface area contributed by atoms with E-state index in [-0.39, 0.29) is 16.5 Å². The van der Waals surface area contributed by atoms with Crippen molar-refractivity contribution in [2.24, 2.45) is 9.98 Å². The Morgan fingerprint density at radius 1 is 0.667 bits per heavy atom. The average Bonchev–Trinajstić information content (AvgIpc) is 2.84. The average molecular weight is 487 g/mol. The molecule has 33 heavy (non-hydrogen) atoms. The van der Waals surface area contributed by atoms with Crippen LogP contribution in [-0.2, 0) is 16.5 Å². The van der Waals surface area contributed by atoms with Gasteiger partial charge in [0, 0.05) is 22.9 Å². The van der Waals surface area contributed by atoms with E-state index in [2.05, 4.69) is 28.7 Å². The smallest absolute Gasteiger partial charge is 0.132 e. The van der Waals surface area contributed by atoms with Crippen molar-refractivity contribution in [3.63, 3.8) is 0 Å². The molecule has 2 aromatic carbocycles. The summed E-state index contributed by atoms with van der Waals surface area (Å²) >= 11 is 0. The summed E-state index contributed by atoms with van der Waals surface area (Å²) in [4.78, 5) is 9.20. The van der Waals surface area contributed by atoms with E-state index < -0.39 is 0 Å². The third-order valence-electron chi connectivity index (χ3n) is 5.47. The molecule has 0 bridgehead atoms. The molecule has 0 amide bonds. The van der Waals surface area contributed by atoms with Crippen molar-refractivity contribution < 1.29 is 16.5 Å². The Bertz CT molecular complexity index is 832. The van der Waals surface area contributed by atoms with Crippen LogP contribution in [-0.4, -0.2) is 11.9 Å². The standard InChI is InChI=1S/C30H40N2.Ni/c1-2-3-4-5-6-7-8-9-10-11-12-13-14-17-26-30(32-29-24-20-16-21-25-29)27-31-28-22-18-15-19-23-28;/h15-16,18-25,27H,2-14H2,1H3;. The summed E-state index contributed by atoms with van der Waals surface area (Å²) in [5.74, 6) is 6.53. The van der Waals surface area contributed by atoms with Crippen molar-refractivity contribution in [2.45, 2.75) is 90.4 Å². The Morgan fingerprint density at radius 2 is 1.15 bits per heavy atom. The Morgan fingerprint density at radius 3 is 1.70 bits per heavy atom. The molecular weight excluding hydrogens is 447 g/mol. The van der Waals surface area contributed by atoms with Gasteiger partial charge in [0.25, 0.3) is 0 Å². The van der Waals surface area contributed by atoms with Crippen LogP contribution >= 0.6 is 0 Å². The van der Waals surface area contributed by atoms with Crippen LogP contribution in [0.3, 0.4) is 0 Å². The van der Waals surface area contributed by atoms with Gasteiger partial charge in [-0.25, -0.2) is 4.99 Å². The van der Waals surface area contributed by atoms with E-state index in [9.17, 15) is 0 Å². The summed E-state index contributed by atoms with van der Waals surface area (Å²) in [6.45, 7) is 2.28. The Labute approximate surface area is 212 Å². The topological polar surface area (TPSA) is 24.7 Å². The molecule has 0 aliphatic heterocycles. The van der Waals surface area contributed by atoms with Crippen LogP contribution in [0.1, 0.15) is 90.4 Å². The number of aliphatic imine (C=N–C) groups is 2. The minimum absolute atomic E-state index is 0. The van der Waals surface area contributed by atoms with E-state index in [4.69, 9.17) is 0 Å². The zero-order valence-corrected chi connectivity index (χ0v) is 21.2. The van der Waals surface area contributed by atoms with Gasteiger partial charge in [-0.1, -0.05) is 120 Å². The predicted molar refractivity (Wildman–Crippen MR) is 142 cm³/mol. The third-order valence-corrected chi connectivity index (χ3v) is 5.47. The third kappa shape index (κ3) is 15.3. The van der Waals surface area contributed by atoms with Gasteiger partial charge in [0.15, 0.2) is 0 Å². The molecule has 0 fully saturated rings. The predicted octanol–water partition coefficient (Wildman–Crippen LogP) is 9.25. The van der Waals surface area contributed by atoms with E-state index in [1.807, 2.05) is 60.7 Å². The summed E-state index contributed by atoms with van der Waals surface area (Å²) in [5.41, 5.74) is 2.52. The molecule has 0 spiro atoms. The Kier molecular flexibility index (Phi) is 17.9. The summed E-state index contributed by atoms with van der Waals surface area (Å²) in [5, 5.41) is 0. The number of benzene rings is 2. The van der Waals surface area contributed by atoms with Gasteiger partial charge in [-0.15, -0.1) is 0 Å². The number of para-hydroxylation sites is 2. The molecule has 3 heteroatoms. The zero-order chi connectivity index (χ0) is 22.5. The second kappa shape index (κ2) is 20.4. The first-order chi connectivity index (χ1) is 15.9. The molecule has 0 aromatic heterocycles. The summed E-state index contributed by atoms with van der Waals surface area (Å²) in [6.07, 6.45) is 19.1. The van der Waals surface area contributed by atoms with Gasteiger partial charge in [-0.05, 0) is 36.6 Å². The van der Waals surface area contributed by atoms with Gasteiger partial charge in [0.2, 0.25) is 0 Å². The van der Waals surface area contributed by atoms with E-state index in [0.29, 0.717) is 5.71 Å². The largest absolute Gasteiger partial charge is 0.254 e. The molecule has 2 aromatic rings. The first-order valence-electron chi connectivity index (χ1n) is 12.6. The molecule has 0 saturated carbocycles. The molecule has 0 aliphatic carbocycles. The second-order valence-electron chi connectivity index (χ2n) is 8.37. The van der Waals surface area contributed by atoms with E-state index in [1.165, 1.54) is 77.0 Å². The van der Waals surface area contributed by atoms with E-state index in [1.54, 1.807) is 6.21 Å². The fraction of sp³-hybridized carbons (Fsp3) is 0.467. The molecule has 0 saturated heterocycles. The van der Waals surface area contributed by atoms with Crippen LogP contribution in [0.25, 0.3) is 0 Å². The monoisotopic (exact) mass is 486 g/mol. The molecule has 0 heterocycles. The van der Waals surface area contributed by atoms with Gasteiger partial charge >= 0.3 is 0 Å². The maximum atomic E-state index is 4.67. The van der Waals surface area contributed by atoms with Crippen molar-refractivity contribution in [3.05, 3.63) is 60.7 Å². The molecule has 180 valence electrons. The molecule has 0 radical (unpaired) electrons. The number of nitrogens with zero attached hydrogens (tertiary/aromatic N) is 2. The maximum Gasteiger partial charge on any atom is 0.132 e. The van der Waals surface area contributed by atoms with Crippen LogP contribution in [0.2, 0.25) is 0 Å². The fourth-order valence-electron chi connectivity index (χ4n) is 3.59. The Hall–Kier alpha value is -2.17. The van der Waals surface area contributed by atoms with Crippen LogP contribution in [0, 0.1) is 11.8 Å². The minimum atomic E-state index is 0. The summed E-state index contributed by atoms with van der Waals surface area (Å²) in [7, 11) is 0. The van der Waals surface area contributed by atoms with Crippen molar-refractivity contribution in [2.75, 3.05) is 0 Å². The van der Waals surface area contributed by atoms with Crippen molar-refractivity contribution in [1.29, 1.82) is 0 Å². The maximum absolute atomic E-state index is 4.67. The van der Waals surface area contributed by atoms with Crippen LogP contribution < -0.4 is 0 Å². The van der Waals surface area contributed by atoms with Gasteiger partial charge in [0.1, 0.15) is 5.71 Å². The fourth-order valence-corrected chi connectivity index (χ4v) is 3.59. The van der Waals surface area contributed by atoms with Crippen molar-refractivity contribution in [1.82, 2.24) is 0 Å². The SMILES string of the molecule is CCCCCCCCCCCCCCC#CC(C=Nc1ccccc1)=Nc1ccccc1.[Ni]. The quantitative estimate of drug-likeness (QED) is 0.104. The molecule has 0 unspecified atom stereocenters. The van der Waals surface area contributed by atoms with E-state index in [0.717, 1.165) is 17.8 Å². The van der Waals surface area contributed by atoms with Crippen molar-refractivity contribution in [3.8, 4) is 11.8 Å². The van der Waals surface area contributed by atoms with Crippen LogP contribution in [0.5, 0.6) is 0 Å². The first kappa shape index (κ1) is 28.9. The molecule has 2 rings (SSSR count). The van der Waals surface area contributed by atoms with Crippen molar-refractivity contribution >= 4 is 23.3 Å². The normalized spacial score (nSPS) is 11.1. The van der Waals surface area contributed by atoms with Gasteiger partial charge < -0.3 is 0 Å². The molecule has 0 atom stereocenters. The molecule has 0 aliphatic rings. The number of unbranched alkanes of at least 4 members (excludes halogenated alkanes) is 12. The minimum Gasteiger partial charge on any atom is -0.254 e. The molecule has 0 N–H and O–H groups in total.